The Morgan fingerprint density at radius 2 is 2.19 bits per heavy atom. The van der Waals surface area contributed by atoms with E-state index in [4.69, 9.17) is 5.84 Å². The highest BCUT2D eigenvalue weighted by Gasteiger charge is 2.17. The summed E-state index contributed by atoms with van der Waals surface area (Å²) in [7, 11) is 0. The van der Waals surface area contributed by atoms with Crippen LogP contribution in [0, 0.1) is 6.92 Å². The fraction of sp³-hybridized carbons (Fsp3) is 0.312. The zero-order chi connectivity index (χ0) is 15.2. The molecule has 1 aromatic carbocycles. The quantitative estimate of drug-likeness (QED) is 0.564. The maximum absolute atomic E-state index is 12.5. The minimum atomic E-state index is -0.0390. The topological polar surface area (TPSA) is 67.2 Å². The number of rotatable bonds is 6. The molecule has 21 heavy (non-hydrogen) atoms. The lowest BCUT2D eigenvalue weighted by atomic mass is 10.1. The van der Waals surface area contributed by atoms with Crippen molar-refractivity contribution >= 4 is 22.9 Å². The van der Waals surface area contributed by atoms with Crippen molar-refractivity contribution in [1.82, 2.24) is 5.32 Å². The van der Waals surface area contributed by atoms with E-state index in [0.29, 0.717) is 5.56 Å². The summed E-state index contributed by atoms with van der Waals surface area (Å²) in [6.45, 7) is 4.04. The molecule has 1 amide bonds. The van der Waals surface area contributed by atoms with E-state index in [2.05, 4.69) is 23.7 Å². The van der Waals surface area contributed by atoms with Crippen LogP contribution in [0.3, 0.4) is 0 Å². The first-order chi connectivity index (χ1) is 10.2. The van der Waals surface area contributed by atoms with Crippen molar-refractivity contribution in [2.24, 2.45) is 5.84 Å². The summed E-state index contributed by atoms with van der Waals surface area (Å²) in [5, 5.41) is 5.17. The molecule has 0 spiro atoms. The molecule has 2 aromatic rings. The SMILES string of the molecule is CCCC(NC(=O)c1ccc(NN)cc1C)c1cccs1. The number of hydrazine groups is 1. The van der Waals surface area contributed by atoms with E-state index >= 15 is 0 Å². The van der Waals surface area contributed by atoms with Gasteiger partial charge in [0, 0.05) is 16.1 Å². The molecule has 4 N–H and O–H groups in total. The summed E-state index contributed by atoms with van der Waals surface area (Å²) in [6.07, 6.45) is 1.96. The van der Waals surface area contributed by atoms with Gasteiger partial charge >= 0.3 is 0 Å². The van der Waals surface area contributed by atoms with E-state index in [1.165, 1.54) is 4.88 Å². The number of hydrogen-bond acceptors (Lipinski definition) is 4. The van der Waals surface area contributed by atoms with Gasteiger partial charge in [0.15, 0.2) is 0 Å². The lowest BCUT2D eigenvalue weighted by Gasteiger charge is -2.18. The van der Waals surface area contributed by atoms with Gasteiger partial charge in [-0.1, -0.05) is 19.4 Å². The summed E-state index contributed by atoms with van der Waals surface area (Å²) >= 11 is 1.68. The summed E-state index contributed by atoms with van der Waals surface area (Å²) in [4.78, 5) is 13.7. The predicted molar refractivity (Wildman–Crippen MR) is 88.4 cm³/mol. The number of nitrogens with two attached hydrogens (primary N) is 1. The Kier molecular flexibility index (Phi) is 5.36. The van der Waals surface area contributed by atoms with E-state index in [1.807, 2.05) is 30.5 Å². The van der Waals surface area contributed by atoms with E-state index in [-0.39, 0.29) is 11.9 Å². The van der Waals surface area contributed by atoms with Crippen LogP contribution in [0.1, 0.15) is 46.6 Å². The third kappa shape index (κ3) is 3.83. The van der Waals surface area contributed by atoms with E-state index < -0.39 is 0 Å². The lowest BCUT2D eigenvalue weighted by molar-refractivity contribution is 0.0934. The molecule has 0 radical (unpaired) electrons. The molecule has 1 aromatic heterocycles. The van der Waals surface area contributed by atoms with Crippen molar-refractivity contribution in [2.45, 2.75) is 32.7 Å². The zero-order valence-electron chi connectivity index (χ0n) is 12.3. The number of carbonyl (C=O) groups is 1. The van der Waals surface area contributed by atoms with Crippen LogP contribution in [0.2, 0.25) is 0 Å². The minimum Gasteiger partial charge on any atom is -0.344 e. The van der Waals surface area contributed by atoms with Crippen LogP contribution in [0.4, 0.5) is 5.69 Å². The number of benzene rings is 1. The molecule has 112 valence electrons. The highest BCUT2D eigenvalue weighted by molar-refractivity contribution is 7.10. The van der Waals surface area contributed by atoms with Crippen LogP contribution in [-0.2, 0) is 0 Å². The first kappa shape index (κ1) is 15.5. The summed E-state index contributed by atoms with van der Waals surface area (Å²) in [5.41, 5.74) is 4.98. The van der Waals surface area contributed by atoms with Crippen LogP contribution in [0.15, 0.2) is 35.7 Å². The summed E-state index contributed by atoms with van der Waals surface area (Å²) in [5.74, 6) is 5.34. The number of carbonyl (C=O) groups excluding carboxylic acids is 1. The average molecular weight is 303 g/mol. The van der Waals surface area contributed by atoms with Gasteiger partial charge in [-0.15, -0.1) is 11.3 Å². The normalized spacial score (nSPS) is 12.0. The fourth-order valence-electron chi connectivity index (χ4n) is 2.31. The summed E-state index contributed by atoms with van der Waals surface area (Å²) < 4.78 is 0. The Labute approximate surface area is 129 Å². The van der Waals surface area contributed by atoms with Crippen molar-refractivity contribution in [1.29, 1.82) is 0 Å². The Morgan fingerprint density at radius 1 is 1.38 bits per heavy atom. The molecular weight excluding hydrogens is 282 g/mol. The molecule has 5 heteroatoms. The van der Waals surface area contributed by atoms with Crippen molar-refractivity contribution in [3.05, 3.63) is 51.7 Å². The number of thiophene rings is 1. The van der Waals surface area contributed by atoms with Crippen LogP contribution in [0.25, 0.3) is 0 Å². The maximum atomic E-state index is 12.5. The monoisotopic (exact) mass is 303 g/mol. The largest absolute Gasteiger partial charge is 0.344 e. The van der Waals surface area contributed by atoms with E-state index in [9.17, 15) is 4.79 Å². The van der Waals surface area contributed by atoms with Gasteiger partial charge in [0.05, 0.1) is 6.04 Å². The van der Waals surface area contributed by atoms with Crippen molar-refractivity contribution in [3.8, 4) is 0 Å². The number of nitrogens with one attached hydrogen (secondary N) is 2. The molecule has 1 atom stereocenters. The van der Waals surface area contributed by atoms with Gasteiger partial charge in [-0.25, -0.2) is 0 Å². The van der Waals surface area contributed by atoms with Crippen LogP contribution in [-0.4, -0.2) is 5.91 Å². The average Bonchev–Trinajstić information content (AvgIpc) is 3.00. The molecule has 1 unspecified atom stereocenters. The molecule has 1 heterocycles. The van der Waals surface area contributed by atoms with Gasteiger partial charge in [-0.3, -0.25) is 10.6 Å². The second-order valence-corrected chi connectivity index (χ2v) is 5.98. The highest BCUT2D eigenvalue weighted by atomic mass is 32.1. The number of amides is 1. The maximum Gasteiger partial charge on any atom is 0.252 e. The Morgan fingerprint density at radius 3 is 2.76 bits per heavy atom. The van der Waals surface area contributed by atoms with Crippen molar-refractivity contribution < 1.29 is 4.79 Å². The van der Waals surface area contributed by atoms with Crippen molar-refractivity contribution in [3.63, 3.8) is 0 Å². The third-order valence-electron chi connectivity index (χ3n) is 3.41. The summed E-state index contributed by atoms with van der Waals surface area (Å²) in [6, 6.07) is 9.64. The Balaban J connectivity index is 2.15. The highest BCUT2D eigenvalue weighted by Crippen LogP contribution is 2.24. The molecule has 0 bridgehead atoms. The number of hydrogen-bond donors (Lipinski definition) is 3. The van der Waals surface area contributed by atoms with Gasteiger partial charge in [0.1, 0.15) is 0 Å². The number of aryl methyl sites for hydroxylation is 1. The molecular formula is C16H21N3OS. The van der Waals surface area contributed by atoms with Crippen molar-refractivity contribution in [2.75, 3.05) is 5.43 Å². The second-order valence-electron chi connectivity index (χ2n) is 5.00. The molecule has 0 aliphatic carbocycles. The molecule has 4 nitrogen and oxygen atoms in total. The predicted octanol–water partition coefficient (Wildman–Crippen LogP) is 3.61. The van der Waals surface area contributed by atoms with Gasteiger partial charge in [0.2, 0.25) is 0 Å². The first-order valence-corrected chi connectivity index (χ1v) is 7.95. The molecule has 0 aliphatic heterocycles. The Bertz CT molecular complexity index is 596. The Hall–Kier alpha value is -1.85. The standard InChI is InChI=1S/C16H21N3OS/c1-3-5-14(15-6-4-9-21-15)18-16(20)13-8-7-12(19-17)10-11(13)2/h4,6-10,14,19H,3,5,17H2,1-2H3,(H,18,20). The molecule has 2 rings (SSSR count). The number of anilines is 1. The minimum absolute atomic E-state index is 0.0390. The van der Waals surface area contributed by atoms with E-state index in [0.717, 1.165) is 24.1 Å². The van der Waals surface area contributed by atoms with Gasteiger partial charge in [0.25, 0.3) is 5.91 Å². The molecule has 0 fully saturated rings. The van der Waals surface area contributed by atoms with E-state index in [1.54, 1.807) is 17.4 Å². The third-order valence-corrected chi connectivity index (χ3v) is 4.39. The molecule has 0 saturated heterocycles. The van der Waals surface area contributed by atoms with Crippen LogP contribution in [0.5, 0.6) is 0 Å². The first-order valence-electron chi connectivity index (χ1n) is 7.07. The van der Waals surface area contributed by atoms with Gasteiger partial charge in [-0.2, -0.15) is 0 Å². The fourth-order valence-corrected chi connectivity index (χ4v) is 3.12. The lowest BCUT2D eigenvalue weighted by Crippen LogP contribution is -2.28. The van der Waals surface area contributed by atoms with Crippen LogP contribution < -0.4 is 16.6 Å². The van der Waals surface area contributed by atoms with Gasteiger partial charge in [-0.05, 0) is 48.6 Å². The second kappa shape index (κ2) is 7.24. The van der Waals surface area contributed by atoms with Gasteiger partial charge < -0.3 is 10.7 Å². The zero-order valence-corrected chi connectivity index (χ0v) is 13.2. The molecule has 0 aliphatic rings. The molecule has 0 saturated carbocycles. The number of nitrogen functional groups attached to an aromatic ring is 1. The smallest absolute Gasteiger partial charge is 0.252 e. The van der Waals surface area contributed by atoms with Crippen LogP contribution >= 0.6 is 11.3 Å².